The van der Waals surface area contributed by atoms with E-state index in [0.717, 1.165) is 0 Å². The Kier molecular flexibility index (Phi) is 4.99. The Bertz CT molecular complexity index is 1070. The largest absolute Gasteiger partial charge is 0.345 e. The van der Waals surface area contributed by atoms with Gasteiger partial charge < -0.3 is 5.32 Å². The molecule has 2 aromatic carbocycles. The molecule has 9 heteroatoms. The van der Waals surface area contributed by atoms with Crippen LogP contribution in [0.1, 0.15) is 21.7 Å². The fourth-order valence-electron chi connectivity index (χ4n) is 2.44. The van der Waals surface area contributed by atoms with Crippen LogP contribution in [0.2, 0.25) is 0 Å². The van der Waals surface area contributed by atoms with Gasteiger partial charge in [0.2, 0.25) is 0 Å². The molecular formula is C17H16N4O4S. The number of amides is 1. The van der Waals surface area contributed by atoms with Crippen molar-refractivity contribution in [3.63, 3.8) is 0 Å². The maximum atomic E-state index is 12.8. The summed E-state index contributed by atoms with van der Waals surface area (Å²) in [4.78, 5) is 25.8. The molecule has 8 nitrogen and oxygen atoms in total. The van der Waals surface area contributed by atoms with Crippen molar-refractivity contribution < 1.29 is 13.2 Å². The van der Waals surface area contributed by atoms with Gasteiger partial charge in [0.05, 0.1) is 22.8 Å². The first-order valence-corrected chi connectivity index (χ1v) is 9.38. The predicted molar refractivity (Wildman–Crippen MR) is 94.2 cm³/mol. The minimum absolute atomic E-state index is 0.0371. The number of H-pyrrole nitrogens is 2. The molecule has 0 aliphatic rings. The van der Waals surface area contributed by atoms with Crippen LogP contribution >= 0.6 is 0 Å². The third-order valence-electron chi connectivity index (χ3n) is 3.63. The van der Waals surface area contributed by atoms with Crippen LogP contribution in [0.5, 0.6) is 0 Å². The van der Waals surface area contributed by atoms with Crippen LogP contribution in [-0.2, 0) is 22.1 Å². The zero-order valence-corrected chi connectivity index (χ0v) is 14.4. The van der Waals surface area contributed by atoms with Crippen LogP contribution in [0.4, 0.5) is 0 Å². The Morgan fingerprint density at radius 2 is 1.73 bits per heavy atom. The Labute approximate surface area is 149 Å². The first-order valence-electron chi connectivity index (χ1n) is 7.73. The second-order valence-electron chi connectivity index (χ2n) is 5.55. The van der Waals surface area contributed by atoms with E-state index < -0.39 is 21.4 Å². The third kappa shape index (κ3) is 4.06. The normalized spacial score (nSPS) is 11.2. The molecule has 3 aromatic rings. The van der Waals surface area contributed by atoms with Crippen molar-refractivity contribution in [2.75, 3.05) is 0 Å². The number of carbonyl (C=O) groups is 1. The van der Waals surface area contributed by atoms with Crippen LogP contribution < -0.4 is 11.0 Å². The molecule has 0 radical (unpaired) electrons. The maximum absolute atomic E-state index is 12.8. The quantitative estimate of drug-likeness (QED) is 0.595. The highest BCUT2D eigenvalue weighted by Gasteiger charge is 2.22. The summed E-state index contributed by atoms with van der Waals surface area (Å²) in [7, 11) is -3.71. The van der Waals surface area contributed by atoms with Crippen LogP contribution in [0.15, 0.2) is 64.3 Å². The molecule has 0 saturated heterocycles. The number of carbonyl (C=O) groups excluding carboxylic acids is 1. The fourth-order valence-corrected chi connectivity index (χ4v) is 4.01. The first kappa shape index (κ1) is 17.6. The number of hydrogen-bond acceptors (Lipinski definition) is 5. The molecular weight excluding hydrogens is 356 g/mol. The number of nitrogens with one attached hydrogen (secondary N) is 3. The lowest BCUT2D eigenvalue weighted by molar-refractivity contribution is 0.0946. The molecule has 0 aliphatic carbocycles. The van der Waals surface area contributed by atoms with E-state index in [-0.39, 0.29) is 28.6 Å². The van der Waals surface area contributed by atoms with Gasteiger partial charge in [-0.1, -0.05) is 42.5 Å². The van der Waals surface area contributed by atoms with E-state index in [1.54, 1.807) is 42.5 Å². The van der Waals surface area contributed by atoms with Crippen molar-refractivity contribution in [1.29, 1.82) is 0 Å². The van der Waals surface area contributed by atoms with Crippen molar-refractivity contribution in [1.82, 2.24) is 20.5 Å². The van der Waals surface area contributed by atoms with E-state index in [0.29, 0.717) is 5.56 Å². The van der Waals surface area contributed by atoms with E-state index in [9.17, 15) is 18.0 Å². The summed E-state index contributed by atoms with van der Waals surface area (Å²) in [5.74, 6) is -0.528. The van der Waals surface area contributed by atoms with E-state index >= 15 is 0 Å². The number of aromatic amines is 2. The lowest BCUT2D eigenvalue weighted by Gasteiger charge is -2.10. The van der Waals surface area contributed by atoms with Crippen molar-refractivity contribution in [3.8, 4) is 0 Å². The molecule has 1 heterocycles. The van der Waals surface area contributed by atoms with Crippen LogP contribution in [-0.4, -0.2) is 29.5 Å². The van der Waals surface area contributed by atoms with Crippen molar-refractivity contribution in [3.05, 3.63) is 82.0 Å². The summed E-state index contributed by atoms with van der Waals surface area (Å²) in [6, 6.07) is 14.8. The molecule has 1 amide bonds. The second-order valence-corrected chi connectivity index (χ2v) is 7.51. The molecule has 0 aliphatic heterocycles. The average molecular weight is 372 g/mol. The maximum Gasteiger partial charge on any atom is 0.340 e. The van der Waals surface area contributed by atoms with Gasteiger partial charge >= 0.3 is 5.69 Å². The highest BCUT2D eigenvalue weighted by Crippen LogP contribution is 2.20. The Morgan fingerprint density at radius 1 is 1.04 bits per heavy atom. The number of hydrogen-bond donors (Lipinski definition) is 3. The molecule has 3 N–H and O–H groups in total. The molecule has 134 valence electrons. The van der Waals surface area contributed by atoms with Gasteiger partial charge in [-0.2, -0.15) is 5.10 Å². The number of aromatic nitrogens is 3. The van der Waals surface area contributed by atoms with Crippen molar-refractivity contribution in [2.45, 2.75) is 17.2 Å². The molecule has 1 aromatic heterocycles. The number of benzene rings is 2. The Balaban J connectivity index is 1.82. The van der Waals surface area contributed by atoms with Gasteiger partial charge in [-0.15, -0.1) is 0 Å². The molecule has 0 unspecified atom stereocenters. The summed E-state index contributed by atoms with van der Waals surface area (Å²) in [6.45, 7) is -0.0371. The van der Waals surface area contributed by atoms with E-state index in [2.05, 4.69) is 20.5 Å². The molecule has 0 fully saturated rings. The lowest BCUT2D eigenvalue weighted by Crippen LogP contribution is -2.25. The Hall–Kier alpha value is -3.20. The van der Waals surface area contributed by atoms with E-state index in [1.807, 2.05) is 0 Å². The summed E-state index contributed by atoms with van der Waals surface area (Å²) in [6.07, 6.45) is 0. The van der Waals surface area contributed by atoms with Gasteiger partial charge in [0.25, 0.3) is 5.91 Å². The van der Waals surface area contributed by atoms with Gasteiger partial charge in [0, 0.05) is 0 Å². The monoisotopic (exact) mass is 372 g/mol. The minimum atomic E-state index is -3.71. The van der Waals surface area contributed by atoms with Gasteiger partial charge in [-0.25, -0.2) is 18.3 Å². The lowest BCUT2D eigenvalue weighted by atomic mass is 10.2. The molecule has 3 rings (SSSR count). The Morgan fingerprint density at radius 3 is 2.42 bits per heavy atom. The molecule has 0 saturated carbocycles. The molecule has 0 spiro atoms. The summed E-state index contributed by atoms with van der Waals surface area (Å²) in [5.41, 5.74) is 0.193. The van der Waals surface area contributed by atoms with Gasteiger partial charge in [0.15, 0.2) is 9.84 Å². The minimum Gasteiger partial charge on any atom is -0.345 e. The smallest absolute Gasteiger partial charge is 0.340 e. The third-order valence-corrected chi connectivity index (χ3v) is 5.37. The summed E-state index contributed by atoms with van der Waals surface area (Å²) >= 11 is 0. The van der Waals surface area contributed by atoms with E-state index in [1.165, 1.54) is 12.1 Å². The van der Waals surface area contributed by atoms with Crippen molar-refractivity contribution >= 4 is 15.7 Å². The second kappa shape index (κ2) is 7.36. The van der Waals surface area contributed by atoms with Gasteiger partial charge in [-0.05, 0) is 17.7 Å². The number of sulfone groups is 1. The predicted octanol–water partition coefficient (Wildman–Crippen LogP) is 1.00. The average Bonchev–Trinajstić information content (AvgIpc) is 3.05. The SMILES string of the molecule is O=C(NCc1n[nH]c(=O)[nH]1)c1ccccc1S(=O)(=O)Cc1ccccc1. The first-order chi connectivity index (χ1) is 12.5. The fraction of sp³-hybridized carbons (Fsp3) is 0.118. The summed E-state index contributed by atoms with van der Waals surface area (Å²) in [5, 5.41) is 8.42. The van der Waals surface area contributed by atoms with Gasteiger partial charge in [-0.3, -0.25) is 9.78 Å². The van der Waals surface area contributed by atoms with Gasteiger partial charge in [0.1, 0.15) is 5.82 Å². The standard InChI is InChI=1S/C17H16N4O4S/c22-16(18-10-15-19-17(23)21-20-15)13-8-4-5-9-14(13)26(24,25)11-12-6-2-1-3-7-12/h1-9H,10-11H2,(H,18,22)(H2,19,20,21,23). The highest BCUT2D eigenvalue weighted by molar-refractivity contribution is 7.90. The van der Waals surface area contributed by atoms with E-state index in [4.69, 9.17) is 0 Å². The molecule has 26 heavy (non-hydrogen) atoms. The summed E-state index contributed by atoms with van der Waals surface area (Å²) < 4.78 is 25.5. The topological polar surface area (TPSA) is 125 Å². The van der Waals surface area contributed by atoms with Crippen LogP contribution in [0.3, 0.4) is 0 Å². The zero-order valence-electron chi connectivity index (χ0n) is 13.6. The van der Waals surface area contributed by atoms with Crippen molar-refractivity contribution in [2.24, 2.45) is 0 Å². The van der Waals surface area contributed by atoms with Crippen LogP contribution in [0.25, 0.3) is 0 Å². The number of rotatable bonds is 6. The highest BCUT2D eigenvalue weighted by atomic mass is 32.2. The zero-order chi connectivity index (χ0) is 18.6. The molecule has 0 bridgehead atoms. The molecule has 0 atom stereocenters. The van der Waals surface area contributed by atoms with Crippen LogP contribution in [0, 0.1) is 0 Å². The number of nitrogens with zero attached hydrogens (tertiary/aromatic N) is 1.